The van der Waals surface area contributed by atoms with Crippen molar-refractivity contribution in [2.24, 2.45) is 11.8 Å². The van der Waals surface area contributed by atoms with Gasteiger partial charge in [0.25, 0.3) is 0 Å². The number of hydrogen-bond donors (Lipinski definition) is 0. The van der Waals surface area contributed by atoms with Crippen LogP contribution >= 0.6 is 0 Å². The van der Waals surface area contributed by atoms with Gasteiger partial charge in [-0.05, 0) is 47.2 Å². The summed E-state index contributed by atoms with van der Waals surface area (Å²) in [6.45, 7) is 4.46. The number of ether oxygens (including phenoxy) is 5. The minimum absolute atomic E-state index is 0.0158. The molecule has 1 heterocycles. The Hall–Kier alpha value is -2.40. The topological polar surface area (TPSA) is 46.2 Å². The molecule has 0 amide bonds. The van der Waals surface area contributed by atoms with E-state index in [0.717, 1.165) is 22.6 Å². The molecular formula is C22H28O5. The number of benzene rings is 2. The first-order valence-corrected chi connectivity index (χ1v) is 9.13. The lowest BCUT2D eigenvalue weighted by atomic mass is 9.85. The van der Waals surface area contributed by atoms with Crippen molar-refractivity contribution >= 4 is 0 Å². The van der Waals surface area contributed by atoms with Gasteiger partial charge in [0, 0.05) is 0 Å². The zero-order chi connectivity index (χ0) is 19.6. The van der Waals surface area contributed by atoms with Gasteiger partial charge in [0.2, 0.25) is 0 Å². The van der Waals surface area contributed by atoms with Crippen molar-refractivity contribution in [1.82, 2.24) is 0 Å². The van der Waals surface area contributed by atoms with Crippen LogP contribution in [0.3, 0.4) is 0 Å². The van der Waals surface area contributed by atoms with Crippen molar-refractivity contribution in [3.05, 3.63) is 47.5 Å². The summed E-state index contributed by atoms with van der Waals surface area (Å²) in [5, 5.41) is 0. The summed E-state index contributed by atoms with van der Waals surface area (Å²) in [6.07, 6.45) is -0.0317. The number of rotatable bonds is 6. The van der Waals surface area contributed by atoms with Gasteiger partial charge in [0.05, 0.1) is 40.6 Å². The van der Waals surface area contributed by atoms with E-state index in [1.807, 2.05) is 36.4 Å². The molecule has 0 unspecified atom stereocenters. The fourth-order valence-electron chi connectivity index (χ4n) is 3.78. The molecule has 1 fully saturated rings. The zero-order valence-corrected chi connectivity index (χ0v) is 16.8. The molecule has 0 aromatic heterocycles. The van der Waals surface area contributed by atoms with Gasteiger partial charge in [0.15, 0.2) is 23.0 Å². The fraction of sp³-hybridized carbons (Fsp3) is 0.455. The van der Waals surface area contributed by atoms with Crippen molar-refractivity contribution in [2.45, 2.75) is 26.1 Å². The van der Waals surface area contributed by atoms with Crippen LogP contribution in [0, 0.1) is 11.8 Å². The van der Waals surface area contributed by atoms with Gasteiger partial charge >= 0.3 is 0 Å². The monoisotopic (exact) mass is 372 g/mol. The second-order valence-corrected chi connectivity index (χ2v) is 6.92. The van der Waals surface area contributed by atoms with Crippen LogP contribution in [-0.4, -0.2) is 28.4 Å². The molecule has 2 aromatic carbocycles. The largest absolute Gasteiger partial charge is 0.493 e. The Morgan fingerprint density at radius 3 is 1.30 bits per heavy atom. The molecule has 0 spiro atoms. The van der Waals surface area contributed by atoms with Gasteiger partial charge in [-0.15, -0.1) is 0 Å². The molecule has 0 N–H and O–H groups in total. The first-order chi connectivity index (χ1) is 13.0. The standard InChI is InChI=1S/C22H28O5/c1-13-14(2)22(16-8-10-18(24-4)20(12-16)26-6)27-21(13)15-7-9-17(23-3)19(11-15)25-5/h7-14,21-22H,1-6H3/t13-,14-,21-,22-/m0/s1. The van der Waals surface area contributed by atoms with E-state index in [0.29, 0.717) is 23.3 Å². The maximum Gasteiger partial charge on any atom is 0.161 e. The average molecular weight is 372 g/mol. The van der Waals surface area contributed by atoms with Gasteiger partial charge in [-0.1, -0.05) is 26.0 Å². The molecule has 3 rings (SSSR count). The Balaban J connectivity index is 1.90. The molecule has 0 aliphatic carbocycles. The lowest BCUT2D eigenvalue weighted by Crippen LogP contribution is -2.10. The summed E-state index contributed by atoms with van der Waals surface area (Å²) in [5.74, 6) is 3.57. The van der Waals surface area contributed by atoms with E-state index in [-0.39, 0.29) is 12.2 Å². The summed E-state index contributed by atoms with van der Waals surface area (Å²) in [5.41, 5.74) is 2.19. The molecule has 1 aliphatic rings. The summed E-state index contributed by atoms with van der Waals surface area (Å²) in [6, 6.07) is 12.0. The minimum Gasteiger partial charge on any atom is -0.493 e. The van der Waals surface area contributed by atoms with Crippen LogP contribution in [0.15, 0.2) is 36.4 Å². The molecule has 4 atom stereocenters. The zero-order valence-electron chi connectivity index (χ0n) is 16.8. The van der Waals surface area contributed by atoms with E-state index in [4.69, 9.17) is 23.7 Å². The molecule has 5 nitrogen and oxygen atoms in total. The second kappa shape index (κ2) is 8.09. The van der Waals surface area contributed by atoms with Gasteiger partial charge in [-0.2, -0.15) is 0 Å². The Morgan fingerprint density at radius 2 is 0.963 bits per heavy atom. The Morgan fingerprint density at radius 1 is 0.593 bits per heavy atom. The van der Waals surface area contributed by atoms with Gasteiger partial charge in [-0.25, -0.2) is 0 Å². The summed E-state index contributed by atoms with van der Waals surface area (Å²) in [7, 11) is 6.58. The van der Waals surface area contributed by atoms with E-state index in [2.05, 4.69) is 13.8 Å². The van der Waals surface area contributed by atoms with E-state index in [9.17, 15) is 0 Å². The van der Waals surface area contributed by atoms with Crippen molar-refractivity contribution in [3.63, 3.8) is 0 Å². The van der Waals surface area contributed by atoms with Crippen LogP contribution in [0.25, 0.3) is 0 Å². The second-order valence-electron chi connectivity index (χ2n) is 6.92. The van der Waals surface area contributed by atoms with Gasteiger partial charge < -0.3 is 23.7 Å². The van der Waals surface area contributed by atoms with Gasteiger partial charge in [-0.3, -0.25) is 0 Å². The first-order valence-electron chi connectivity index (χ1n) is 9.13. The lowest BCUT2D eigenvalue weighted by molar-refractivity contribution is 0.0288. The molecule has 0 saturated carbocycles. The summed E-state index contributed by atoms with van der Waals surface area (Å²) in [4.78, 5) is 0. The number of hydrogen-bond acceptors (Lipinski definition) is 5. The number of methoxy groups -OCH3 is 4. The summed E-state index contributed by atoms with van der Waals surface area (Å²) >= 11 is 0. The highest BCUT2D eigenvalue weighted by atomic mass is 16.5. The maximum absolute atomic E-state index is 6.51. The first kappa shape index (κ1) is 19.4. The third kappa shape index (κ3) is 3.56. The minimum atomic E-state index is -0.0158. The molecule has 0 bridgehead atoms. The highest BCUT2D eigenvalue weighted by Crippen LogP contribution is 2.50. The highest BCUT2D eigenvalue weighted by Gasteiger charge is 2.41. The van der Waals surface area contributed by atoms with Crippen molar-refractivity contribution in [2.75, 3.05) is 28.4 Å². The highest BCUT2D eigenvalue weighted by molar-refractivity contribution is 5.45. The molecule has 146 valence electrons. The molecular weight excluding hydrogens is 344 g/mol. The van der Waals surface area contributed by atoms with Crippen LogP contribution < -0.4 is 18.9 Å². The van der Waals surface area contributed by atoms with Crippen LogP contribution in [0.5, 0.6) is 23.0 Å². The van der Waals surface area contributed by atoms with Crippen LogP contribution in [0.1, 0.15) is 37.2 Å². The van der Waals surface area contributed by atoms with Crippen molar-refractivity contribution in [3.8, 4) is 23.0 Å². The predicted octanol–water partition coefficient (Wildman–Crippen LogP) is 4.81. The Kier molecular flexibility index (Phi) is 5.80. The SMILES string of the molecule is COc1ccc([C@H]2O[C@H](c3ccc(OC)c(OC)c3)[C@@H](C)[C@@H]2C)cc1OC. The molecule has 1 aliphatic heterocycles. The smallest absolute Gasteiger partial charge is 0.161 e. The Bertz CT molecular complexity index is 723. The van der Waals surface area contributed by atoms with Crippen LogP contribution in [0.4, 0.5) is 0 Å². The normalized spacial score (nSPS) is 24.5. The van der Waals surface area contributed by atoms with Crippen molar-refractivity contribution < 1.29 is 23.7 Å². The Labute approximate surface area is 161 Å². The fourth-order valence-corrected chi connectivity index (χ4v) is 3.78. The van der Waals surface area contributed by atoms with Crippen LogP contribution in [0.2, 0.25) is 0 Å². The quantitative estimate of drug-likeness (QED) is 0.728. The molecule has 27 heavy (non-hydrogen) atoms. The predicted molar refractivity (Wildman–Crippen MR) is 104 cm³/mol. The van der Waals surface area contributed by atoms with Crippen LogP contribution in [-0.2, 0) is 4.74 Å². The van der Waals surface area contributed by atoms with Gasteiger partial charge in [0.1, 0.15) is 0 Å². The molecule has 0 radical (unpaired) electrons. The van der Waals surface area contributed by atoms with E-state index < -0.39 is 0 Å². The van der Waals surface area contributed by atoms with E-state index in [1.165, 1.54) is 0 Å². The summed E-state index contributed by atoms with van der Waals surface area (Å²) < 4.78 is 28.1. The molecule has 2 aromatic rings. The van der Waals surface area contributed by atoms with E-state index >= 15 is 0 Å². The molecule has 5 heteroatoms. The van der Waals surface area contributed by atoms with E-state index in [1.54, 1.807) is 28.4 Å². The average Bonchev–Trinajstić information content (AvgIpc) is 3.01. The lowest BCUT2D eigenvalue weighted by Gasteiger charge is -2.18. The van der Waals surface area contributed by atoms with Crippen molar-refractivity contribution in [1.29, 1.82) is 0 Å². The third-order valence-corrected chi connectivity index (χ3v) is 5.55. The molecule has 1 saturated heterocycles. The maximum atomic E-state index is 6.51. The third-order valence-electron chi connectivity index (χ3n) is 5.55.